The first-order valence-corrected chi connectivity index (χ1v) is 9.48. The largest absolute Gasteiger partial charge is 0.447 e. The molecule has 0 spiro atoms. The van der Waals surface area contributed by atoms with Crippen molar-refractivity contribution in [2.24, 2.45) is 0 Å². The molecule has 1 aromatic carbocycles. The number of ether oxygens (including phenoxy) is 1. The summed E-state index contributed by atoms with van der Waals surface area (Å²) in [6.45, 7) is 3.77. The number of aliphatic hydroxyl groups excluding tert-OH is 1. The Hall–Kier alpha value is -2.59. The Balaban J connectivity index is 1.86. The lowest BCUT2D eigenvalue weighted by Crippen LogP contribution is -2.41. The summed E-state index contributed by atoms with van der Waals surface area (Å²) in [5.41, 5.74) is -0.315. The lowest BCUT2D eigenvalue weighted by molar-refractivity contribution is 0.0171. The molecule has 0 aliphatic carbocycles. The quantitative estimate of drug-likeness (QED) is 0.647. The summed E-state index contributed by atoms with van der Waals surface area (Å²) >= 11 is 6.05. The monoisotopic (exact) mass is 444 g/mol. The van der Waals surface area contributed by atoms with Gasteiger partial charge >= 0.3 is 6.09 Å². The third kappa shape index (κ3) is 4.59. The molecule has 1 fully saturated rings. The number of halogens is 4. The van der Waals surface area contributed by atoms with Crippen molar-refractivity contribution in [2.45, 2.75) is 44.9 Å². The summed E-state index contributed by atoms with van der Waals surface area (Å²) in [7, 11) is 0. The minimum atomic E-state index is -3.16. The van der Waals surface area contributed by atoms with E-state index in [4.69, 9.17) is 16.3 Å². The number of carbonyl (C=O) groups is 1. The zero-order chi connectivity index (χ0) is 22.2. The second-order valence-corrected chi connectivity index (χ2v) is 7.51. The van der Waals surface area contributed by atoms with E-state index in [1.807, 2.05) is 0 Å². The Morgan fingerprint density at radius 1 is 1.33 bits per heavy atom. The molecule has 0 radical (unpaired) electrons. The maximum Gasteiger partial charge on any atom is 0.416 e. The number of aromatic nitrogens is 2. The fourth-order valence-corrected chi connectivity index (χ4v) is 3.25. The number of nitrogens with one attached hydrogen (secondary N) is 1. The van der Waals surface area contributed by atoms with Gasteiger partial charge in [0.1, 0.15) is 29.4 Å². The van der Waals surface area contributed by atoms with Crippen molar-refractivity contribution in [1.29, 1.82) is 0 Å². The molecule has 1 aliphatic rings. The number of carbonyl (C=O) groups excluding carboxylic acids is 1. The first kappa shape index (κ1) is 22.1. The molecule has 3 atom stereocenters. The Bertz CT molecular complexity index is 955. The standard InChI is InChI=1S/C19H20ClF3N4O3/c1-9(12-5-4-11(6-13(12)21)19(3,22)23)24-17-25-15(20)7-16(26-17)27-14(10(2)28)8-30-18(27)29/h4-7,9-10,14,28H,8H2,1-3H3,(H,24,25,26)/t9-,10+,14+/m0/s1. The summed E-state index contributed by atoms with van der Waals surface area (Å²) in [6.07, 6.45) is -1.58. The molecule has 30 heavy (non-hydrogen) atoms. The highest BCUT2D eigenvalue weighted by atomic mass is 35.5. The molecule has 1 amide bonds. The number of aliphatic hydroxyl groups is 1. The average molecular weight is 445 g/mol. The van der Waals surface area contributed by atoms with Crippen LogP contribution in [0.4, 0.5) is 29.7 Å². The van der Waals surface area contributed by atoms with E-state index in [0.29, 0.717) is 6.92 Å². The lowest BCUT2D eigenvalue weighted by Gasteiger charge is -2.23. The molecule has 0 bridgehead atoms. The SMILES string of the molecule is C[C@H](Nc1nc(Cl)cc(N2C(=O)OC[C@@H]2[C@@H](C)O)n1)c1ccc(C(C)(F)F)cc1F. The fourth-order valence-electron chi connectivity index (χ4n) is 3.07. The fraction of sp³-hybridized carbons (Fsp3) is 0.421. The van der Waals surface area contributed by atoms with E-state index in [-0.39, 0.29) is 29.1 Å². The second kappa shape index (κ2) is 8.27. The first-order chi connectivity index (χ1) is 14.0. The van der Waals surface area contributed by atoms with Crippen molar-refractivity contribution in [3.8, 4) is 0 Å². The molecular weight excluding hydrogens is 425 g/mol. The van der Waals surface area contributed by atoms with Crippen LogP contribution in [0.2, 0.25) is 5.15 Å². The van der Waals surface area contributed by atoms with Gasteiger partial charge in [0.2, 0.25) is 5.95 Å². The van der Waals surface area contributed by atoms with Crippen molar-refractivity contribution in [1.82, 2.24) is 9.97 Å². The number of benzene rings is 1. The molecule has 1 saturated heterocycles. The van der Waals surface area contributed by atoms with Crippen molar-refractivity contribution in [3.05, 3.63) is 46.4 Å². The average Bonchev–Trinajstić information content (AvgIpc) is 3.02. The van der Waals surface area contributed by atoms with Gasteiger partial charge in [-0.05, 0) is 19.9 Å². The van der Waals surface area contributed by atoms with Gasteiger partial charge in [-0.25, -0.2) is 22.9 Å². The van der Waals surface area contributed by atoms with Crippen LogP contribution in [0.3, 0.4) is 0 Å². The van der Waals surface area contributed by atoms with Crippen LogP contribution in [0.15, 0.2) is 24.3 Å². The van der Waals surface area contributed by atoms with Crippen molar-refractivity contribution in [2.75, 3.05) is 16.8 Å². The van der Waals surface area contributed by atoms with E-state index < -0.39 is 41.6 Å². The zero-order valence-corrected chi connectivity index (χ0v) is 17.1. The highest BCUT2D eigenvalue weighted by Crippen LogP contribution is 2.31. The number of rotatable bonds is 6. The summed E-state index contributed by atoms with van der Waals surface area (Å²) in [5.74, 6) is -3.89. The maximum absolute atomic E-state index is 14.4. The normalized spacial score (nSPS) is 18.9. The van der Waals surface area contributed by atoms with Gasteiger partial charge in [-0.15, -0.1) is 0 Å². The predicted octanol–water partition coefficient (Wildman–Crippen LogP) is 4.26. The summed E-state index contributed by atoms with van der Waals surface area (Å²) in [6, 6.07) is 3.16. The molecule has 0 unspecified atom stereocenters. The van der Waals surface area contributed by atoms with E-state index in [9.17, 15) is 23.1 Å². The van der Waals surface area contributed by atoms with Gasteiger partial charge < -0.3 is 15.2 Å². The minimum absolute atomic E-state index is 0.000174. The zero-order valence-electron chi connectivity index (χ0n) is 16.4. The molecule has 162 valence electrons. The van der Waals surface area contributed by atoms with Gasteiger partial charge in [0, 0.05) is 24.1 Å². The van der Waals surface area contributed by atoms with Crippen LogP contribution in [0, 0.1) is 5.82 Å². The predicted molar refractivity (Wildman–Crippen MR) is 104 cm³/mol. The molecule has 2 aromatic rings. The topological polar surface area (TPSA) is 87.6 Å². The van der Waals surface area contributed by atoms with Crippen LogP contribution in [-0.2, 0) is 10.7 Å². The third-order valence-corrected chi connectivity index (χ3v) is 4.90. The Morgan fingerprint density at radius 2 is 2.03 bits per heavy atom. The van der Waals surface area contributed by atoms with E-state index in [2.05, 4.69) is 15.3 Å². The van der Waals surface area contributed by atoms with Crippen LogP contribution in [-0.4, -0.2) is 39.9 Å². The number of amides is 1. The van der Waals surface area contributed by atoms with E-state index in [1.54, 1.807) is 6.92 Å². The van der Waals surface area contributed by atoms with Crippen LogP contribution in [0.25, 0.3) is 0 Å². The Morgan fingerprint density at radius 3 is 2.63 bits per heavy atom. The van der Waals surface area contributed by atoms with Gasteiger partial charge in [0.25, 0.3) is 5.92 Å². The molecule has 11 heteroatoms. The first-order valence-electron chi connectivity index (χ1n) is 9.10. The van der Waals surface area contributed by atoms with E-state index in [1.165, 1.54) is 19.1 Å². The second-order valence-electron chi connectivity index (χ2n) is 7.12. The van der Waals surface area contributed by atoms with Crippen LogP contribution in [0.1, 0.15) is 37.9 Å². The summed E-state index contributed by atoms with van der Waals surface area (Å²) in [4.78, 5) is 21.5. The molecule has 7 nitrogen and oxygen atoms in total. The highest BCUT2D eigenvalue weighted by molar-refractivity contribution is 6.29. The van der Waals surface area contributed by atoms with E-state index in [0.717, 1.165) is 17.0 Å². The van der Waals surface area contributed by atoms with E-state index >= 15 is 0 Å². The van der Waals surface area contributed by atoms with Gasteiger partial charge in [0.15, 0.2) is 0 Å². The Kier molecular flexibility index (Phi) is 6.09. The molecular formula is C19H20ClF3N4O3. The molecule has 2 N–H and O–H groups in total. The number of hydrogen-bond acceptors (Lipinski definition) is 6. The number of anilines is 2. The van der Waals surface area contributed by atoms with Crippen LogP contribution >= 0.6 is 11.6 Å². The van der Waals surface area contributed by atoms with Crippen LogP contribution in [0.5, 0.6) is 0 Å². The summed E-state index contributed by atoms with van der Waals surface area (Å²) in [5, 5.41) is 12.7. The molecule has 3 rings (SSSR count). The highest BCUT2D eigenvalue weighted by Gasteiger charge is 2.38. The minimum Gasteiger partial charge on any atom is -0.447 e. The molecule has 1 aliphatic heterocycles. The molecule has 2 heterocycles. The van der Waals surface area contributed by atoms with Gasteiger partial charge in [-0.2, -0.15) is 4.98 Å². The van der Waals surface area contributed by atoms with Crippen molar-refractivity contribution in [3.63, 3.8) is 0 Å². The van der Waals surface area contributed by atoms with Crippen molar-refractivity contribution < 1.29 is 27.8 Å². The third-order valence-electron chi connectivity index (χ3n) is 4.71. The Labute approximate surface area is 175 Å². The molecule has 1 aromatic heterocycles. The van der Waals surface area contributed by atoms with Crippen LogP contribution < -0.4 is 10.2 Å². The van der Waals surface area contributed by atoms with Gasteiger partial charge in [0.05, 0.1) is 12.1 Å². The van der Waals surface area contributed by atoms with Gasteiger partial charge in [-0.1, -0.05) is 23.7 Å². The number of nitrogens with zero attached hydrogens (tertiary/aromatic N) is 3. The number of alkyl halides is 2. The maximum atomic E-state index is 14.4. The number of hydrogen-bond donors (Lipinski definition) is 2. The van der Waals surface area contributed by atoms with Crippen molar-refractivity contribution >= 4 is 29.5 Å². The molecule has 0 saturated carbocycles. The smallest absolute Gasteiger partial charge is 0.416 e. The number of cyclic esters (lactones) is 1. The lowest BCUT2D eigenvalue weighted by atomic mass is 10.0. The van der Waals surface area contributed by atoms with Gasteiger partial charge in [-0.3, -0.25) is 4.90 Å². The summed E-state index contributed by atoms with van der Waals surface area (Å²) < 4.78 is 46.1.